The van der Waals surface area contributed by atoms with Crippen LogP contribution in [0.4, 0.5) is 0 Å². The third-order valence-electron chi connectivity index (χ3n) is 3.81. The van der Waals surface area contributed by atoms with E-state index < -0.39 is 0 Å². The van der Waals surface area contributed by atoms with E-state index in [2.05, 4.69) is 21.6 Å². The molecule has 2 aliphatic rings. The molecular formula is C10H15N3. The van der Waals surface area contributed by atoms with Crippen LogP contribution in [0.25, 0.3) is 0 Å². The van der Waals surface area contributed by atoms with E-state index in [-0.39, 0.29) is 0 Å². The molecule has 70 valence electrons. The summed E-state index contributed by atoms with van der Waals surface area (Å²) in [6.45, 7) is 2.33. The summed E-state index contributed by atoms with van der Waals surface area (Å²) in [4.78, 5) is 0. The highest BCUT2D eigenvalue weighted by molar-refractivity contribution is 5.18. The second kappa shape index (κ2) is 2.58. The van der Waals surface area contributed by atoms with Crippen LogP contribution in [0.1, 0.15) is 30.9 Å². The molecule has 0 bridgehead atoms. The molecule has 2 fully saturated rings. The Morgan fingerprint density at radius 3 is 3.00 bits per heavy atom. The second-order valence-electron chi connectivity index (χ2n) is 4.41. The van der Waals surface area contributed by atoms with E-state index >= 15 is 0 Å². The van der Waals surface area contributed by atoms with Crippen LogP contribution in [0.3, 0.4) is 0 Å². The van der Waals surface area contributed by atoms with Crippen molar-refractivity contribution in [2.45, 2.75) is 25.2 Å². The first-order chi connectivity index (χ1) is 6.41. The number of nitrogens with one attached hydrogen (secondary N) is 2. The van der Waals surface area contributed by atoms with Gasteiger partial charge in [0.2, 0.25) is 0 Å². The van der Waals surface area contributed by atoms with E-state index in [1.807, 2.05) is 6.20 Å². The van der Waals surface area contributed by atoms with E-state index in [1.54, 1.807) is 0 Å². The van der Waals surface area contributed by atoms with Gasteiger partial charge < -0.3 is 5.32 Å². The summed E-state index contributed by atoms with van der Waals surface area (Å²) in [6.07, 6.45) is 6.06. The minimum absolute atomic E-state index is 0.576. The molecule has 2 N–H and O–H groups in total. The van der Waals surface area contributed by atoms with Crippen molar-refractivity contribution >= 4 is 0 Å². The highest BCUT2D eigenvalue weighted by Gasteiger charge is 2.48. The Labute approximate surface area is 77.9 Å². The van der Waals surface area contributed by atoms with E-state index in [1.165, 1.54) is 31.5 Å². The van der Waals surface area contributed by atoms with Crippen molar-refractivity contribution in [2.75, 3.05) is 13.1 Å². The Bertz CT molecular complexity index is 287. The summed E-state index contributed by atoms with van der Waals surface area (Å²) >= 11 is 0. The average molecular weight is 177 g/mol. The summed E-state index contributed by atoms with van der Waals surface area (Å²) in [7, 11) is 0. The van der Waals surface area contributed by atoms with Crippen LogP contribution < -0.4 is 5.32 Å². The fourth-order valence-corrected chi connectivity index (χ4v) is 2.86. The molecule has 1 unspecified atom stereocenters. The quantitative estimate of drug-likeness (QED) is 0.678. The largest absolute Gasteiger partial charge is 0.315 e. The van der Waals surface area contributed by atoms with Gasteiger partial charge in [0, 0.05) is 30.9 Å². The van der Waals surface area contributed by atoms with Crippen molar-refractivity contribution in [1.82, 2.24) is 15.5 Å². The molecule has 1 aromatic heterocycles. The van der Waals surface area contributed by atoms with Crippen molar-refractivity contribution in [2.24, 2.45) is 5.41 Å². The lowest BCUT2D eigenvalue weighted by atomic mass is 9.62. The third kappa shape index (κ3) is 0.967. The summed E-state index contributed by atoms with van der Waals surface area (Å²) < 4.78 is 0. The van der Waals surface area contributed by atoms with E-state index in [9.17, 15) is 0 Å². The molecule has 3 rings (SSSR count). The zero-order valence-corrected chi connectivity index (χ0v) is 7.71. The fourth-order valence-electron chi connectivity index (χ4n) is 2.86. The van der Waals surface area contributed by atoms with Gasteiger partial charge in [-0.1, -0.05) is 6.42 Å². The Morgan fingerprint density at radius 1 is 1.46 bits per heavy atom. The molecule has 0 radical (unpaired) electrons. The Hall–Kier alpha value is -0.830. The number of aromatic nitrogens is 2. The smallest absolute Gasteiger partial charge is 0.0490 e. The second-order valence-corrected chi connectivity index (χ2v) is 4.41. The number of hydrogen-bond acceptors (Lipinski definition) is 2. The molecule has 1 aliphatic heterocycles. The van der Waals surface area contributed by atoms with Crippen LogP contribution in [0, 0.1) is 5.41 Å². The van der Waals surface area contributed by atoms with Gasteiger partial charge in [0.05, 0.1) is 0 Å². The lowest BCUT2D eigenvalue weighted by molar-refractivity contribution is 0.135. The molecule has 3 heteroatoms. The Kier molecular flexibility index (Phi) is 1.50. The lowest BCUT2D eigenvalue weighted by Gasteiger charge is -2.42. The van der Waals surface area contributed by atoms with Gasteiger partial charge in [0.15, 0.2) is 0 Å². The van der Waals surface area contributed by atoms with Crippen LogP contribution in [-0.2, 0) is 0 Å². The fraction of sp³-hybridized carbons (Fsp3) is 0.700. The predicted octanol–water partition coefficient (Wildman–Crippen LogP) is 1.27. The normalized spacial score (nSPS) is 30.6. The first-order valence-electron chi connectivity index (χ1n) is 5.11. The maximum Gasteiger partial charge on any atom is 0.0490 e. The zero-order chi connectivity index (χ0) is 8.73. The molecule has 1 atom stereocenters. The molecule has 1 spiro atoms. The highest BCUT2D eigenvalue weighted by atomic mass is 15.1. The maximum atomic E-state index is 4.04. The number of hydrogen-bond donors (Lipinski definition) is 2. The van der Waals surface area contributed by atoms with E-state index in [0.29, 0.717) is 11.3 Å². The van der Waals surface area contributed by atoms with Crippen LogP contribution >= 0.6 is 0 Å². The third-order valence-corrected chi connectivity index (χ3v) is 3.81. The van der Waals surface area contributed by atoms with Crippen LogP contribution in [0.2, 0.25) is 0 Å². The lowest BCUT2D eigenvalue weighted by Crippen LogP contribution is -2.36. The van der Waals surface area contributed by atoms with Crippen LogP contribution in [0.5, 0.6) is 0 Å². The monoisotopic (exact) mass is 177 g/mol. The van der Waals surface area contributed by atoms with E-state index in [4.69, 9.17) is 0 Å². The van der Waals surface area contributed by atoms with Gasteiger partial charge in [0.1, 0.15) is 0 Å². The average Bonchev–Trinajstić information content (AvgIpc) is 2.71. The Balaban J connectivity index is 1.91. The standard InChI is InChI=1S/C10H15N3/c1-3-10(4-1)7-11-6-8(10)9-2-5-12-13-9/h2,5,8,11H,1,3-4,6-7H2,(H,12,13). The molecule has 2 heterocycles. The van der Waals surface area contributed by atoms with Gasteiger partial charge in [0.25, 0.3) is 0 Å². The van der Waals surface area contributed by atoms with Crippen LogP contribution in [-0.4, -0.2) is 23.3 Å². The van der Waals surface area contributed by atoms with Crippen LogP contribution in [0.15, 0.2) is 12.3 Å². The molecule has 13 heavy (non-hydrogen) atoms. The van der Waals surface area contributed by atoms with Crippen molar-refractivity contribution in [1.29, 1.82) is 0 Å². The van der Waals surface area contributed by atoms with Crippen molar-refractivity contribution in [3.63, 3.8) is 0 Å². The zero-order valence-electron chi connectivity index (χ0n) is 7.71. The minimum Gasteiger partial charge on any atom is -0.315 e. The van der Waals surface area contributed by atoms with Gasteiger partial charge in [-0.25, -0.2) is 0 Å². The number of aromatic amines is 1. The molecule has 0 amide bonds. The van der Waals surface area contributed by atoms with Gasteiger partial charge in [-0.3, -0.25) is 5.10 Å². The number of rotatable bonds is 1. The van der Waals surface area contributed by atoms with Gasteiger partial charge in [-0.05, 0) is 24.3 Å². The molecule has 1 saturated carbocycles. The van der Waals surface area contributed by atoms with Gasteiger partial charge in [-0.2, -0.15) is 5.10 Å². The van der Waals surface area contributed by atoms with Crippen molar-refractivity contribution in [3.05, 3.63) is 18.0 Å². The molecule has 1 saturated heterocycles. The summed E-state index contributed by atoms with van der Waals surface area (Å²) in [5.74, 6) is 0.684. The predicted molar refractivity (Wildman–Crippen MR) is 50.5 cm³/mol. The number of H-pyrrole nitrogens is 1. The van der Waals surface area contributed by atoms with Crippen molar-refractivity contribution < 1.29 is 0 Å². The minimum atomic E-state index is 0.576. The molecule has 1 aromatic rings. The first-order valence-corrected chi connectivity index (χ1v) is 5.11. The summed E-state index contributed by atoms with van der Waals surface area (Å²) in [6, 6.07) is 2.12. The Morgan fingerprint density at radius 2 is 2.38 bits per heavy atom. The summed E-state index contributed by atoms with van der Waals surface area (Å²) in [5, 5.41) is 10.7. The van der Waals surface area contributed by atoms with Gasteiger partial charge in [-0.15, -0.1) is 0 Å². The highest BCUT2D eigenvalue weighted by Crippen LogP contribution is 2.52. The SMILES string of the molecule is c1cc(C2CNCC23CCC3)[nH]n1. The molecular weight excluding hydrogens is 162 g/mol. The number of nitrogens with zero attached hydrogens (tertiary/aromatic N) is 1. The first kappa shape index (κ1) is 7.56. The van der Waals surface area contributed by atoms with Crippen molar-refractivity contribution in [3.8, 4) is 0 Å². The molecule has 3 nitrogen and oxygen atoms in total. The van der Waals surface area contributed by atoms with E-state index in [0.717, 1.165) is 6.54 Å². The summed E-state index contributed by atoms with van der Waals surface area (Å²) in [5.41, 5.74) is 1.90. The molecule has 0 aromatic carbocycles. The molecule has 1 aliphatic carbocycles. The maximum absolute atomic E-state index is 4.04. The topological polar surface area (TPSA) is 40.7 Å². The van der Waals surface area contributed by atoms with Gasteiger partial charge >= 0.3 is 0 Å².